The highest BCUT2D eigenvalue weighted by Gasteiger charge is 2.37. The number of nitrogens with one attached hydrogen (secondary N) is 1. The zero-order chi connectivity index (χ0) is 14.9. The molecule has 4 nitrogen and oxygen atoms in total. The highest BCUT2D eigenvalue weighted by molar-refractivity contribution is 5.77. The molecule has 0 aromatic heterocycles. The maximum Gasteiger partial charge on any atom is 0.221 e. The van der Waals surface area contributed by atoms with Gasteiger partial charge in [-0.15, -0.1) is 0 Å². The molecule has 2 rings (SSSR count). The van der Waals surface area contributed by atoms with E-state index in [1.807, 2.05) is 0 Å². The molecular formula is C16H30N2O2. The first-order valence-corrected chi connectivity index (χ1v) is 8.00. The van der Waals surface area contributed by atoms with Crippen LogP contribution in [-0.4, -0.2) is 28.7 Å². The van der Waals surface area contributed by atoms with Gasteiger partial charge in [0.25, 0.3) is 0 Å². The van der Waals surface area contributed by atoms with Crippen molar-refractivity contribution < 1.29 is 9.90 Å². The van der Waals surface area contributed by atoms with Crippen molar-refractivity contribution in [3.8, 4) is 0 Å². The van der Waals surface area contributed by atoms with E-state index in [9.17, 15) is 9.90 Å². The van der Waals surface area contributed by atoms with Crippen molar-refractivity contribution in [2.24, 2.45) is 11.1 Å². The van der Waals surface area contributed by atoms with Gasteiger partial charge in [-0.1, -0.05) is 26.7 Å². The van der Waals surface area contributed by atoms with Crippen molar-refractivity contribution >= 4 is 5.91 Å². The molecule has 0 atom stereocenters. The van der Waals surface area contributed by atoms with Gasteiger partial charge in [-0.3, -0.25) is 4.79 Å². The Bertz CT molecular complexity index is 349. The summed E-state index contributed by atoms with van der Waals surface area (Å²) in [5.41, 5.74) is 5.51. The van der Waals surface area contributed by atoms with Crippen LogP contribution >= 0.6 is 0 Å². The van der Waals surface area contributed by atoms with E-state index in [1.165, 1.54) is 0 Å². The van der Waals surface area contributed by atoms with Crippen LogP contribution in [0.5, 0.6) is 0 Å². The molecule has 0 aliphatic heterocycles. The molecule has 4 N–H and O–H groups in total. The maximum atomic E-state index is 12.0. The van der Waals surface area contributed by atoms with Gasteiger partial charge in [0.2, 0.25) is 5.91 Å². The van der Waals surface area contributed by atoms with Crippen LogP contribution in [-0.2, 0) is 4.79 Å². The predicted octanol–water partition coefficient (Wildman–Crippen LogP) is 2.10. The van der Waals surface area contributed by atoms with Gasteiger partial charge in [0.1, 0.15) is 0 Å². The number of nitrogens with two attached hydrogens (primary N) is 1. The predicted molar refractivity (Wildman–Crippen MR) is 80.2 cm³/mol. The molecule has 2 fully saturated rings. The van der Waals surface area contributed by atoms with E-state index in [4.69, 9.17) is 5.73 Å². The fourth-order valence-corrected chi connectivity index (χ4v) is 3.47. The zero-order valence-corrected chi connectivity index (χ0v) is 13.0. The van der Waals surface area contributed by atoms with Gasteiger partial charge in [0, 0.05) is 18.5 Å². The number of carbonyl (C=O) groups excluding carboxylic acids is 1. The van der Waals surface area contributed by atoms with Crippen LogP contribution in [0.25, 0.3) is 0 Å². The molecule has 20 heavy (non-hydrogen) atoms. The van der Waals surface area contributed by atoms with E-state index in [2.05, 4.69) is 19.2 Å². The van der Waals surface area contributed by atoms with Gasteiger partial charge >= 0.3 is 0 Å². The van der Waals surface area contributed by atoms with Crippen LogP contribution in [0.2, 0.25) is 0 Å². The minimum absolute atomic E-state index is 0.00680. The molecule has 116 valence electrons. The lowest BCUT2D eigenvalue weighted by Gasteiger charge is -2.40. The highest BCUT2D eigenvalue weighted by atomic mass is 16.3. The molecule has 0 bridgehead atoms. The van der Waals surface area contributed by atoms with E-state index in [1.54, 1.807) is 0 Å². The van der Waals surface area contributed by atoms with Crippen LogP contribution < -0.4 is 11.1 Å². The topological polar surface area (TPSA) is 75.3 Å². The third-order valence-electron chi connectivity index (χ3n) is 5.26. The Morgan fingerprint density at radius 3 is 2.20 bits per heavy atom. The second kappa shape index (κ2) is 5.64. The van der Waals surface area contributed by atoms with Crippen molar-refractivity contribution in [3.05, 3.63) is 0 Å². The number of rotatable bonds is 4. The van der Waals surface area contributed by atoms with Crippen molar-refractivity contribution in [2.45, 2.75) is 82.8 Å². The minimum atomic E-state index is -0.720. The van der Waals surface area contributed by atoms with Crippen LogP contribution in [0, 0.1) is 5.41 Å². The first-order valence-electron chi connectivity index (χ1n) is 8.00. The number of amides is 1. The summed E-state index contributed by atoms with van der Waals surface area (Å²) in [5.74, 6) is -0.00680. The summed E-state index contributed by atoms with van der Waals surface area (Å²) >= 11 is 0. The average molecular weight is 282 g/mol. The Hall–Kier alpha value is -0.610. The summed E-state index contributed by atoms with van der Waals surface area (Å²) in [5, 5.41) is 13.4. The lowest BCUT2D eigenvalue weighted by Crippen LogP contribution is -2.49. The molecule has 2 aliphatic carbocycles. The Kier molecular flexibility index (Phi) is 4.45. The van der Waals surface area contributed by atoms with Crippen molar-refractivity contribution in [1.82, 2.24) is 5.32 Å². The van der Waals surface area contributed by atoms with Gasteiger partial charge in [0.15, 0.2) is 0 Å². The van der Waals surface area contributed by atoms with Crippen LogP contribution in [0.1, 0.15) is 71.6 Å². The van der Waals surface area contributed by atoms with Gasteiger partial charge in [-0.2, -0.15) is 0 Å². The Labute approximate surface area is 122 Å². The molecule has 1 amide bonds. The van der Waals surface area contributed by atoms with Crippen LogP contribution in [0.3, 0.4) is 0 Å². The van der Waals surface area contributed by atoms with Gasteiger partial charge in [0.05, 0.1) is 5.60 Å². The molecule has 2 saturated carbocycles. The van der Waals surface area contributed by atoms with E-state index in [-0.39, 0.29) is 11.4 Å². The molecule has 0 heterocycles. The fourth-order valence-electron chi connectivity index (χ4n) is 3.47. The van der Waals surface area contributed by atoms with Gasteiger partial charge in [-0.25, -0.2) is 0 Å². The third-order valence-corrected chi connectivity index (χ3v) is 5.26. The zero-order valence-electron chi connectivity index (χ0n) is 13.0. The quantitative estimate of drug-likeness (QED) is 0.739. The Balaban J connectivity index is 1.76. The van der Waals surface area contributed by atoms with Crippen LogP contribution in [0.15, 0.2) is 0 Å². The summed E-state index contributed by atoms with van der Waals surface area (Å²) < 4.78 is 0. The highest BCUT2D eigenvalue weighted by Crippen LogP contribution is 2.39. The first-order chi connectivity index (χ1) is 9.22. The van der Waals surface area contributed by atoms with E-state index >= 15 is 0 Å². The summed E-state index contributed by atoms with van der Waals surface area (Å²) in [7, 11) is 0. The molecule has 2 aliphatic rings. The molecule has 0 saturated heterocycles. The summed E-state index contributed by atoms with van der Waals surface area (Å²) in [6.07, 6.45) is 8.11. The number of hydrogen-bond acceptors (Lipinski definition) is 3. The number of carbonyl (C=O) groups is 1. The molecule has 0 aromatic carbocycles. The molecule has 4 heteroatoms. The lowest BCUT2D eigenvalue weighted by atomic mass is 9.71. The summed E-state index contributed by atoms with van der Waals surface area (Å²) in [4.78, 5) is 12.0. The van der Waals surface area contributed by atoms with Crippen LogP contribution in [0.4, 0.5) is 0 Å². The Morgan fingerprint density at radius 2 is 1.65 bits per heavy atom. The lowest BCUT2D eigenvalue weighted by molar-refractivity contribution is -0.124. The van der Waals surface area contributed by atoms with Gasteiger partial charge in [-0.05, 0) is 43.9 Å². The second-order valence-corrected chi connectivity index (χ2v) is 7.91. The SMILES string of the molecule is CC1(C)CCC(O)(CNC(=O)CC2(N)CCCC2)CC1. The first kappa shape index (κ1) is 15.8. The monoisotopic (exact) mass is 282 g/mol. The molecule has 0 spiro atoms. The largest absolute Gasteiger partial charge is 0.388 e. The second-order valence-electron chi connectivity index (χ2n) is 7.91. The standard InChI is InChI=1S/C16H30N2O2/c1-14(2)7-9-16(20,10-8-14)12-18-13(19)11-15(17)5-3-4-6-15/h20H,3-12,17H2,1-2H3,(H,18,19). The van der Waals surface area contributed by atoms with E-state index in [0.29, 0.717) is 18.4 Å². The molecule has 0 aromatic rings. The number of aliphatic hydroxyl groups is 1. The smallest absolute Gasteiger partial charge is 0.221 e. The van der Waals surface area contributed by atoms with Gasteiger partial charge < -0.3 is 16.2 Å². The van der Waals surface area contributed by atoms with Crippen molar-refractivity contribution in [2.75, 3.05) is 6.54 Å². The summed E-state index contributed by atoms with van der Waals surface area (Å²) in [6.45, 7) is 4.85. The van der Waals surface area contributed by atoms with E-state index < -0.39 is 5.60 Å². The van der Waals surface area contributed by atoms with E-state index in [0.717, 1.165) is 51.4 Å². The summed E-state index contributed by atoms with van der Waals surface area (Å²) in [6, 6.07) is 0. The Morgan fingerprint density at radius 1 is 1.10 bits per heavy atom. The van der Waals surface area contributed by atoms with Crippen molar-refractivity contribution in [1.29, 1.82) is 0 Å². The third kappa shape index (κ3) is 4.19. The molecule has 0 radical (unpaired) electrons. The average Bonchev–Trinajstić information content (AvgIpc) is 2.78. The van der Waals surface area contributed by atoms with Crippen molar-refractivity contribution in [3.63, 3.8) is 0 Å². The number of hydrogen-bond donors (Lipinski definition) is 3. The fraction of sp³-hybridized carbons (Fsp3) is 0.938. The molecular weight excluding hydrogens is 252 g/mol. The normalized spacial score (nSPS) is 27.2. The maximum absolute atomic E-state index is 12.0. The molecule has 0 unspecified atom stereocenters. The minimum Gasteiger partial charge on any atom is -0.388 e.